The van der Waals surface area contributed by atoms with Crippen LogP contribution in [0.15, 0.2) is 109 Å². The van der Waals surface area contributed by atoms with E-state index >= 15 is 0 Å². The summed E-state index contributed by atoms with van der Waals surface area (Å²) in [6, 6.07) is 37.7. The average molecular weight is 380 g/mol. The highest BCUT2D eigenvalue weighted by Gasteiger charge is 2.19. The lowest BCUT2D eigenvalue weighted by Crippen LogP contribution is -2.11. The van der Waals surface area contributed by atoms with Gasteiger partial charge >= 0.3 is 0 Å². The summed E-state index contributed by atoms with van der Waals surface area (Å²) in [6.07, 6.45) is 0. The quantitative estimate of drug-likeness (QED) is 0.286. The summed E-state index contributed by atoms with van der Waals surface area (Å²) in [5, 5.41) is 5.48. The minimum atomic E-state index is 0.733. The first-order valence-corrected chi connectivity index (χ1v) is 9.71. The van der Waals surface area contributed by atoms with Gasteiger partial charge in [0.25, 0.3) is 0 Å². The lowest BCUT2D eigenvalue weighted by atomic mass is 9.99. The van der Waals surface area contributed by atoms with E-state index in [1.807, 2.05) is 18.2 Å². The van der Waals surface area contributed by atoms with Crippen LogP contribution in [0.25, 0.3) is 21.5 Å². The number of hydrogen-bond acceptors (Lipinski definition) is 1. The Bertz CT molecular complexity index is 1220. The molecule has 0 amide bonds. The van der Waals surface area contributed by atoms with Gasteiger partial charge in [0, 0.05) is 16.8 Å². The highest BCUT2D eigenvalue weighted by molar-refractivity contribution is 6.36. The molecule has 0 saturated heterocycles. The van der Waals surface area contributed by atoms with Gasteiger partial charge in [0.05, 0.1) is 10.7 Å². The van der Waals surface area contributed by atoms with Gasteiger partial charge in [-0.25, -0.2) is 0 Å². The van der Waals surface area contributed by atoms with Crippen LogP contribution in [-0.2, 0) is 0 Å². The van der Waals surface area contributed by atoms with Crippen molar-refractivity contribution < 1.29 is 0 Å². The van der Waals surface area contributed by atoms with Crippen molar-refractivity contribution in [3.8, 4) is 0 Å². The number of para-hydroxylation sites is 2. The standard InChI is InChI=1S/C26H18ClN/c27-24-18-17-20-16-15-19-9-7-8-14-23(19)25(20)26(24)28(21-10-3-1-4-11-21)22-12-5-2-6-13-22/h1-18H. The van der Waals surface area contributed by atoms with E-state index in [0.717, 1.165) is 22.1 Å². The van der Waals surface area contributed by atoms with Gasteiger partial charge in [0.15, 0.2) is 0 Å². The largest absolute Gasteiger partial charge is 0.308 e. The fourth-order valence-electron chi connectivity index (χ4n) is 3.83. The first-order chi connectivity index (χ1) is 13.8. The molecule has 0 unspecified atom stereocenters. The van der Waals surface area contributed by atoms with Crippen LogP contribution < -0.4 is 4.90 Å². The van der Waals surface area contributed by atoms with Crippen molar-refractivity contribution in [2.45, 2.75) is 0 Å². The topological polar surface area (TPSA) is 3.24 Å². The van der Waals surface area contributed by atoms with Crippen LogP contribution in [0.5, 0.6) is 0 Å². The second-order valence-electron chi connectivity index (χ2n) is 6.79. The van der Waals surface area contributed by atoms with Crippen molar-refractivity contribution in [2.75, 3.05) is 4.90 Å². The summed E-state index contributed by atoms with van der Waals surface area (Å²) in [6.45, 7) is 0. The first-order valence-electron chi connectivity index (χ1n) is 9.33. The third kappa shape index (κ3) is 2.81. The van der Waals surface area contributed by atoms with Gasteiger partial charge in [-0.1, -0.05) is 90.5 Å². The summed E-state index contributed by atoms with van der Waals surface area (Å²) in [7, 11) is 0. The maximum atomic E-state index is 6.86. The zero-order valence-corrected chi connectivity index (χ0v) is 16.0. The van der Waals surface area contributed by atoms with E-state index in [4.69, 9.17) is 11.6 Å². The highest BCUT2D eigenvalue weighted by Crippen LogP contribution is 2.45. The zero-order chi connectivity index (χ0) is 18.9. The van der Waals surface area contributed by atoms with Crippen molar-refractivity contribution in [1.29, 1.82) is 0 Å². The van der Waals surface area contributed by atoms with Gasteiger partial charge < -0.3 is 4.90 Å². The molecule has 0 saturated carbocycles. The van der Waals surface area contributed by atoms with E-state index in [9.17, 15) is 0 Å². The molecule has 0 N–H and O–H groups in total. The fourth-order valence-corrected chi connectivity index (χ4v) is 4.07. The van der Waals surface area contributed by atoms with Crippen LogP contribution in [-0.4, -0.2) is 0 Å². The number of benzene rings is 5. The van der Waals surface area contributed by atoms with E-state index in [1.54, 1.807) is 0 Å². The van der Waals surface area contributed by atoms with Crippen molar-refractivity contribution >= 4 is 50.2 Å². The first kappa shape index (κ1) is 16.9. The zero-order valence-electron chi connectivity index (χ0n) is 15.2. The summed E-state index contributed by atoms with van der Waals surface area (Å²) in [4.78, 5) is 2.25. The number of rotatable bonds is 3. The van der Waals surface area contributed by atoms with Crippen molar-refractivity contribution in [1.82, 2.24) is 0 Å². The molecule has 28 heavy (non-hydrogen) atoms. The van der Waals surface area contributed by atoms with Gasteiger partial charge in [-0.3, -0.25) is 0 Å². The number of fused-ring (bicyclic) bond motifs is 3. The Balaban J connectivity index is 1.92. The van der Waals surface area contributed by atoms with Crippen LogP contribution in [0.4, 0.5) is 17.1 Å². The van der Waals surface area contributed by atoms with Crippen molar-refractivity contribution in [3.63, 3.8) is 0 Å². The van der Waals surface area contributed by atoms with E-state index in [-0.39, 0.29) is 0 Å². The molecule has 0 radical (unpaired) electrons. The van der Waals surface area contributed by atoms with E-state index < -0.39 is 0 Å². The fraction of sp³-hybridized carbons (Fsp3) is 0. The molecule has 5 aromatic carbocycles. The normalized spacial score (nSPS) is 11.0. The lowest BCUT2D eigenvalue weighted by molar-refractivity contribution is 1.30. The van der Waals surface area contributed by atoms with Gasteiger partial charge in [-0.2, -0.15) is 0 Å². The molecule has 0 aliphatic heterocycles. The Morgan fingerprint density at radius 3 is 1.71 bits per heavy atom. The molecule has 0 fully saturated rings. The molecule has 0 aliphatic rings. The maximum absolute atomic E-state index is 6.86. The van der Waals surface area contributed by atoms with Crippen molar-refractivity contribution in [2.24, 2.45) is 0 Å². The van der Waals surface area contributed by atoms with Gasteiger partial charge in [-0.05, 0) is 46.5 Å². The molecule has 5 rings (SSSR count). The van der Waals surface area contributed by atoms with Gasteiger partial charge in [0.2, 0.25) is 0 Å². The second-order valence-corrected chi connectivity index (χ2v) is 7.19. The van der Waals surface area contributed by atoms with Crippen LogP contribution in [0.2, 0.25) is 5.02 Å². The van der Waals surface area contributed by atoms with Crippen LogP contribution >= 0.6 is 11.6 Å². The summed E-state index contributed by atoms with van der Waals surface area (Å²) in [5.74, 6) is 0. The van der Waals surface area contributed by atoms with Gasteiger partial charge in [0.1, 0.15) is 0 Å². The molecule has 0 bridgehead atoms. The SMILES string of the molecule is Clc1ccc2ccc3ccccc3c2c1N(c1ccccc1)c1ccccc1. The molecule has 5 aromatic rings. The van der Waals surface area contributed by atoms with Crippen LogP contribution in [0.3, 0.4) is 0 Å². The number of hydrogen-bond donors (Lipinski definition) is 0. The lowest BCUT2D eigenvalue weighted by Gasteiger charge is -2.28. The Hall–Kier alpha value is -3.29. The number of halogens is 1. The monoisotopic (exact) mass is 379 g/mol. The van der Waals surface area contributed by atoms with E-state index in [0.29, 0.717) is 0 Å². The molecule has 0 aliphatic carbocycles. The average Bonchev–Trinajstić information content (AvgIpc) is 2.77. The molecule has 0 spiro atoms. The Kier molecular flexibility index (Phi) is 4.23. The van der Waals surface area contributed by atoms with E-state index in [2.05, 4.69) is 95.9 Å². The van der Waals surface area contributed by atoms with Gasteiger partial charge in [-0.15, -0.1) is 0 Å². The minimum absolute atomic E-state index is 0.733. The Labute approximate surface area is 169 Å². The van der Waals surface area contributed by atoms with Crippen LogP contribution in [0, 0.1) is 0 Å². The third-order valence-corrected chi connectivity index (χ3v) is 5.39. The predicted octanol–water partition coefficient (Wildman–Crippen LogP) is 8.12. The van der Waals surface area contributed by atoms with Crippen LogP contribution in [0.1, 0.15) is 0 Å². The molecular formula is C26H18ClN. The molecule has 0 aromatic heterocycles. The molecule has 0 atom stereocenters. The van der Waals surface area contributed by atoms with E-state index in [1.165, 1.54) is 21.5 Å². The number of anilines is 3. The smallest absolute Gasteiger partial charge is 0.0732 e. The Morgan fingerprint density at radius 1 is 0.500 bits per heavy atom. The molecule has 0 heterocycles. The maximum Gasteiger partial charge on any atom is 0.0732 e. The minimum Gasteiger partial charge on any atom is -0.308 e. The number of nitrogens with zero attached hydrogens (tertiary/aromatic N) is 1. The summed E-state index contributed by atoms with van der Waals surface area (Å²) in [5.41, 5.74) is 3.17. The second kappa shape index (κ2) is 7.03. The molecule has 1 nitrogen and oxygen atoms in total. The predicted molar refractivity (Wildman–Crippen MR) is 121 cm³/mol. The van der Waals surface area contributed by atoms with Crippen molar-refractivity contribution in [3.05, 3.63) is 114 Å². The summed E-state index contributed by atoms with van der Waals surface area (Å²) >= 11 is 6.86. The molecular weight excluding hydrogens is 362 g/mol. The Morgan fingerprint density at radius 2 is 1.04 bits per heavy atom. The third-order valence-electron chi connectivity index (χ3n) is 5.09. The molecule has 134 valence electrons. The molecule has 2 heteroatoms. The highest BCUT2D eigenvalue weighted by atomic mass is 35.5. The summed E-state index contributed by atoms with van der Waals surface area (Å²) < 4.78 is 0.